The van der Waals surface area contributed by atoms with Crippen molar-refractivity contribution in [2.75, 3.05) is 26.7 Å². The number of thiazole rings is 1. The lowest BCUT2D eigenvalue weighted by Gasteiger charge is -2.30. The molecule has 1 aliphatic heterocycles. The van der Waals surface area contributed by atoms with Gasteiger partial charge < -0.3 is 9.84 Å². The SMILES string of the molecule is Cc1ncsc1-c1nc(C2CNCCN2C)no1. The molecule has 3 heterocycles. The second kappa shape index (κ2) is 4.75. The van der Waals surface area contributed by atoms with Gasteiger partial charge >= 0.3 is 0 Å². The summed E-state index contributed by atoms with van der Waals surface area (Å²) in [6.07, 6.45) is 0. The first kappa shape index (κ1) is 11.8. The van der Waals surface area contributed by atoms with E-state index >= 15 is 0 Å². The van der Waals surface area contributed by atoms with Crippen molar-refractivity contribution < 1.29 is 4.52 Å². The molecular formula is C11H15N5OS. The normalized spacial score (nSPS) is 21.3. The Kier molecular flexibility index (Phi) is 3.11. The van der Waals surface area contributed by atoms with Crippen LogP contribution in [0.2, 0.25) is 0 Å². The molecule has 0 saturated carbocycles. The van der Waals surface area contributed by atoms with E-state index in [0.717, 1.165) is 36.0 Å². The number of hydrogen-bond donors (Lipinski definition) is 1. The van der Waals surface area contributed by atoms with Gasteiger partial charge in [0.05, 0.1) is 17.2 Å². The van der Waals surface area contributed by atoms with Gasteiger partial charge in [0, 0.05) is 19.6 Å². The van der Waals surface area contributed by atoms with Gasteiger partial charge in [-0.05, 0) is 14.0 Å². The highest BCUT2D eigenvalue weighted by Gasteiger charge is 2.26. The summed E-state index contributed by atoms with van der Waals surface area (Å²) in [6.45, 7) is 4.81. The van der Waals surface area contributed by atoms with Crippen molar-refractivity contribution in [2.45, 2.75) is 13.0 Å². The lowest BCUT2D eigenvalue weighted by atomic mass is 10.2. The average Bonchev–Trinajstić information content (AvgIpc) is 2.98. The maximum atomic E-state index is 5.35. The zero-order valence-electron chi connectivity index (χ0n) is 10.4. The Hall–Kier alpha value is -1.31. The van der Waals surface area contributed by atoms with Crippen LogP contribution >= 0.6 is 11.3 Å². The highest BCUT2D eigenvalue weighted by atomic mass is 32.1. The van der Waals surface area contributed by atoms with E-state index in [-0.39, 0.29) is 6.04 Å². The molecule has 1 saturated heterocycles. The third-order valence-corrected chi connectivity index (χ3v) is 4.11. The van der Waals surface area contributed by atoms with E-state index in [1.165, 1.54) is 11.3 Å². The number of nitrogens with one attached hydrogen (secondary N) is 1. The summed E-state index contributed by atoms with van der Waals surface area (Å²) < 4.78 is 5.35. The lowest BCUT2D eigenvalue weighted by Crippen LogP contribution is -2.44. The molecule has 0 spiro atoms. The van der Waals surface area contributed by atoms with Crippen molar-refractivity contribution in [3.05, 3.63) is 17.0 Å². The Labute approximate surface area is 109 Å². The molecule has 1 aliphatic rings. The van der Waals surface area contributed by atoms with Gasteiger partial charge in [0.1, 0.15) is 4.88 Å². The number of rotatable bonds is 2. The molecular weight excluding hydrogens is 250 g/mol. The molecule has 3 rings (SSSR count). The quantitative estimate of drug-likeness (QED) is 0.876. The summed E-state index contributed by atoms with van der Waals surface area (Å²) in [5, 5.41) is 7.44. The summed E-state index contributed by atoms with van der Waals surface area (Å²) >= 11 is 1.53. The fourth-order valence-corrected chi connectivity index (χ4v) is 2.79. The monoisotopic (exact) mass is 265 g/mol. The van der Waals surface area contributed by atoms with Gasteiger partial charge in [-0.3, -0.25) is 4.90 Å². The molecule has 0 bridgehead atoms. The van der Waals surface area contributed by atoms with Crippen molar-refractivity contribution in [3.63, 3.8) is 0 Å². The van der Waals surface area contributed by atoms with E-state index < -0.39 is 0 Å². The van der Waals surface area contributed by atoms with Crippen LogP contribution in [-0.4, -0.2) is 46.7 Å². The molecule has 1 N–H and O–H groups in total. The zero-order chi connectivity index (χ0) is 12.5. The van der Waals surface area contributed by atoms with Crippen LogP contribution in [0, 0.1) is 6.92 Å². The maximum Gasteiger partial charge on any atom is 0.269 e. The molecule has 1 unspecified atom stereocenters. The highest BCUT2D eigenvalue weighted by molar-refractivity contribution is 7.13. The first-order chi connectivity index (χ1) is 8.75. The van der Waals surface area contributed by atoms with E-state index in [1.54, 1.807) is 5.51 Å². The van der Waals surface area contributed by atoms with Gasteiger partial charge in [-0.2, -0.15) is 4.98 Å². The second-order valence-corrected chi connectivity index (χ2v) is 5.28. The molecule has 0 aliphatic carbocycles. The predicted molar refractivity (Wildman–Crippen MR) is 68.4 cm³/mol. The van der Waals surface area contributed by atoms with Gasteiger partial charge in [0.25, 0.3) is 5.89 Å². The number of aryl methyl sites for hydroxylation is 1. The number of nitrogens with zero attached hydrogens (tertiary/aromatic N) is 4. The molecule has 2 aromatic heterocycles. The predicted octanol–water partition coefficient (Wildman–Crippen LogP) is 1.08. The molecule has 96 valence electrons. The van der Waals surface area contributed by atoms with Gasteiger partial charge in [0.2, 0.25) is 0 Å². The van der Waals surface area contributed by atoms with Crippen molar-refractivity contribution >= 4 is 11.3 Å². The third-order valence-electron chi connectivity index (χ3n) is 3.19. The Morgan fingerprint density at radius 1 is 1.56 bits per heavy atom. The smallest absolute Gasteiger partial charge is 0.269 e. The maximum absolute atomic E-state index is 5.35. The minimum absolute atomic E-state index is 0.185. The molecule has 1 fully saturated rings. The first-order valence-corrected chi connectivity index (χ1v) is 6.78. The van der Waals surface area contributed by atoms with Crippen LogP contribution in [0.25, 0.3) is 10.8 Å². The fraction of sp³-hybridized carbons (Fsp3) is 0.545. The van der Waals surface area contributed by atoms with E-state index in [2.05, 4.69) is 32.4 Å². The van der Waals surface area contributed by atoms with E-state index in [9.17, 15) is 0 Å². The Balaban J connectivity index is 1.87. The Bertz CT molecular complexity index is 537. The van der Waals surface area contributed by atoms with Crippen LogP contribution in [0.3, 0.4) is 0 Å². The van der Waals surface area contributed by atoms with Gasteiger partial charge in [-0.25, -0.2) is 4.98 Å². The third kappa shape index (κ3) is 2.05. The Morgan fingerprint density at radius 2 is 2.44 bits per heavy atom. The summed E-state index contributed by atoms with van der Waals surface area (Å²) in [5.41, 5.74) is 2.73. The molecule has 1 atom stereocenters. The number of hydrogen-bond acceptors (Lipinski definition) is 7. The fourth-order valence-electron chi connectivity index (χ4n) is 2.06. The molecule has 0 radical (unpaired) electrons. The van der Waals surface area contributed by atoms with Crippen molar-refractivity contribution in [3.8, 4) is 10.8 Å². The van der Waals surface area contributed by atoms with Crippen molar-refractivity contribution in [1.82, 2.24) is 25.3 Å². The number of aromatic nitrogens is 3. The van der Waals surface area contributed by atoms with Crippen molar-refractivity contribution in [2.24, 2.45) is 0 Å². The van der Waals surface area contributed by atoms with Crippen LogP contribution in [0.4, 0.5) is 0 Å². The summed E-state index contributed by atoms with van der Waals surface area (Å²) in [7, 11) is 2.08. The van der Waals surface area contributed by atoms with Crippen LogP contribution in [0.5, 0.6) is 0 Å². The van der Waals surface area contributed by atoms with Gasteiger partial charge in [0.15, 0.2) is 5.82 Å². The Morgan fingerprint density at radius 3 is 3.17 bits per heavy atom. The van der Waals surface area contributed by atoms with Crippen LogP contribution < -0.4 is 5.32 Å². The van der Waals surface area contributed by atoms with E-state index in [0.29, 0.717) is 5.89 Å². The average molecular weight is 265 g/mol. The topological polar surface area (TPSA) is 67.1 Å². The van der Waals surface area contributed by atoms with Crippen molar-refractivity contribution in [1.29, 1.82) is 0 Å². The van der Waals surface area contributed by atoms with E-state index in [4.69, 9.17) is 4.52 Å². The number of piperazine rings is 1. The second-order valence-electron chi connectivity index (χ2n) is 4.43. The van der Waals surface area contributed by atoms with Crippen LogP contribution in [0.1, 0.15) is 17.6 Å². The molecule has 6 nitrogen and oxygen atoms in total. The summed E-state index contributed by atoms with van der Waals surface area (Å²) in [6, 6.07) is 0.185. The lowest BCUT2D eigenvalue weighted by molar-refractivity contribution is 0.190. The zero-order valence-corrected chi connectivity index (χ0v) is 11.2. The van der Waals surface area contributed by atoms with Crippen LogP contribution in [-0.2, 0) is 0 Å². The molecule has 7 heteroatoms. The molecule has 2 aromatic rings. The minimum atomic E-state index is 0.185. The van der Waals surface area contributed by atoms with Gasteiger partial charge in [-0.1, -0.05) is 5.16 Å². The molecule has 18 heavy (non-hydrogen) atoms. The molecule has 0 amide bonds. The minimum Gasteiger partial charge on any atom is -0.333 e. The molecule has 0 aromatic carbocycles. The summed E-state index contributed by atoms with van der Waals surface area (Å²) in [5.74, 6) is 1.32. The van der Waals surface area contributed by atoms with E-state index in [1.807, 2.05) is 6.92 Å². The highest BCUT2D eigenvalue weighted by Crippen LogP contribution is 2.27. The standard InChI is InChI=1S/C11H15N5OS/c1-7-9(18-6-13-7)11-14-10(15-17-11)8-5-12-3-4-16(8)2/h6,8,12H,3-5H2,1-2H3. The summed E-state index contributed by atoms with van der Waals surface area (Å²) in [4.78, 5) is 11.9. The number of likely N-dealkylation sites (N-methyl/N-ethyl adjacent to an activating group) is 1. The largest absolute Gasteiger partial charge is 0.333 e. The van der Waals surface area contributed by atoms with Gasteiger partial charge in [-0.15, -0.1) is 11.3 Å². The first-order valence-electron chi connectivity index (χ1n) is 5.90. The van der Waals surface area contributed by atoms with Crippen LogP contribution in [0.15, 0.2) is 10.0 Å².